The molecule has 5 nitrogen and oxygen atoms in total. The quantitative estimate of drug-likeness (QED) is 0.695. The molecule has 148 valence electrons. The molecular weight excluding hydrogens is 360 g/mol. The van der Waals surface area contributed by atoms with Gasteiger partial charge in [-0.1, -0.05) is 48.5 Å². The molecule has 1 fully saturated rings. The van der Waals surface area contributed by atoms with Crippen molar-refractivity contribution in [2.75, 3.05) is 18.4 Å². The average molecular weight is 386 g/mol. The molecule has 0 spiro atoms. The first-order valence-electron chi connectivity index (χ1n) is 10.2. The molecule has 4 rings (SSSR count). The number of likely N-dealkylation sites (tertiary alicyclic amines) is 1. The lowest BCUT2D eigenvalue weighted by Crippen LogP contribution is -2.39. The molecule has 1 aromatic heterocycles. The van der Waals surface area contributed by atoms with Crippen LogP contribution < -0.4 is 5.32 Å². The fraction of sp³-hybridized carbons (Fsp3) is 0.292. The monoisotopic (exact) mass is 386 g/mol. The van der Waals surface area contributed by atoms with Gasteiger partial charge in [-0.2, -0.15) is 0 Å². The second-order valence-corrected chi connectivity index (χ2v) is 7.63. The number of anilines is 2. The molecule has 1 aliphatic heterocycles. The van der Waals surface area contributed by atoms with Gasteiger partial charge in [-0.05, 0) is 55.9 Å². The Morgan fingerprint density at radius 3 is 2.34 bits per heavy atom. The van der Waals surface area contributed by atoms with E-state index in [4.69, 9.17) is 0 Å². The van der Waals surface area contributed by atoms with Crippen LogP contribution in [0.2, 0.25) is 0 Å². The lowest BCUT2D eigenvalue weighted by molar-refractivity contribution is 0.0684. The molecule has 0 radical (unpaired) electrons. The summed E-state index contributed by atoms with van der Waals surface area (Å²) in [5, 5.41) is 3.18. The maximum atomic E-state index is 13.0. The Hall–Kier alpha value is -3.21. The predicted molar refractivity (Wildman–Crippen MR) is 115 cm³/mol. The highest BCUT2D eigenvalue weighted by Crippen LogP contribution is 2.23. The van der Waals surface area contributed by atoms with Crippen LogP contribution in [0.4, 0.5) is 11.6 Å². The zero-order chi connectivity index (χ0) is 20.1. The van der Waals surface area contributed by atoms with Gasteiger partial charge in [0.2, 0.25) is 5.95 Å². The summed E-state index contributed by atoms with van der Waals surface area (Å²) >= 11 is 0. The van der Waals surface area contributed by atoms with E-state index < -0.39 is 0 Å². The number of para-hydroxylation sites is 1. The number of hydrogen-bond donors (Lipinski definition) is 1. The summed E-state index contributed by atoms with van der Waals surface area (Å²) in [7, 11) is 0. The molecule has 0 unspecified atom stereocenters. The van der Waals surface area contributed by atoms with Crippen molar-refractivity contribution in [3.63, 3.8) is 0 Å². The minimum Gasteiger partial charge on any atom is -0.337 e. The van der Waals surface area contributed by atoms with Crippen molar-refractivity contribution in [3.8, 4) is 0 Å². The number of amides is 1. The first kappa shape index (κ1) is 19.1. The van der Waals surface area contributed by atoms with Gasteiger partial charge in [0.05, 0.1) is 0 Å². The van der Waals surface area contributed by atoms with Crippen LogP contribution in [0.15, 0.2) is 66.7 Å². The lowest BCUT2D eigenvalue weighted by atomic mass is 9.90. The molecule has 1 aliphatic rings. The van der Waals surface area contributed by atoms with Crippen molar-refractivity contribution >= 4 is 17.5 Å². The number of aryl methyl sites for hydroxylation is 1. The average Bonchev–Trinajstić information content (AvgIpc) is 2.75. The Balaban J connectivity index is 1.39. The number of nitrogens with zero attached hydrogens (tertiary/aromatic N) is 3. The summed E-state index contributed by atoms with van der Waals surface area (Å²) in [6.07, 6.45) is 3.14. The lowest BCUT2D eigenvalue weighted by Gasteiger charge is -2.32. The SMILES string of the molecule is Cc1cc(C(=O)N2CCC(Cc3ccccc3)CC2)nc(Nc2ccccc2)n1. The van der Waals surface area contributed by atoms with E-state index in [-0.39, 0.29) is 5.91 Å². The molecule has 0 saturated carbocycles. The Morgan fingerprint density at radius 2 is 1.66 bits per heavy atom. The summed E-state index contributed by atoms with van der Waals surface area (Å²) in [5.41, 5.74) is 3.51. The van der Waals surface area contributed by atoms with Crippen molar-refractivity contribution in [2.45, 2.75) is 26.2 Å². The molecule has 1 saturated heterocycles. The number of hydrogen-bond acceptors (Lipinski definition) is 4. The van der Waals surface area contributed by atoms with E-state index in [0.717, 1.165) is 43.7 Å². The third-order valence-corrected chi connectivity index (χ3v) is 5.37. The van der Waals surface area contributed by atoms with Crippen molar-refractivity contribution in [1.82, 2.24) is 14.9 Å². The van der Waals surface area contributed by atoms with Gasteiger partial charge in [-0.15, -0.1) is 0 Å². The van der Waals surface area contributed by atoms with Gasteiger partial charge in [0, 0.05) is 24.5 Å². The maximum absolute atomic E-state index is 13.0. The number of nitrogens with one attached hydrogen (secondary N) is 1. The van der Waals surface area contributed by atoms with Crippen LogP contribution in [0.1, 0.15) is 34.6 Å². The van der Waals surface area contributed by atoms with Crippen molar-refractivity contribution in [1.29, 1.82) is 0 Å². The molecule has 0 bridgehead atoms. The van der Waals surface area contributed by atoms with E-state index in [1.165, 1.54) is 5.56 Å². The molecule has 2 aromatic carbocycles. The first-order valence-corrected chi connectivity index (χ1v) is 10.2. The highest BCUT2D eigenvalue weighted by Gasteiger charge is 2.25. The van der Waals surface area contributed by atoms with Crippen LogP contribution >= 0.6 is 0 Å². The van der Waals surface area contributed by atoms with Crippen molar-refractivity contribution in [3.05, 3.63) is 83.7 Å². The van der Waals surface area contributed by atoms with Crippen LogP contribution in [-0.2, 0) is 6.42 Å². The van der Waals surface area contributed by atoms with Gasteiger partial charge in [0.15, 0.2) is 0 Å². The zero-order valence-corrected chi connectivity index (χ0v) is 16.7. The Labute approximate surface area is 171 Å². The van der Waals surface area contributed by atoms with E-state index in [1.807, 2.05) is 42.2 Å². The molecule has 1 N–H and O–H groups in total. The maximum Gasteiger partial charge on any atom is 0.272 e. The Kier molecular flexibility index (Phi) is 5.84. The van der Waals surface area contributed by atoms with E-state index in [2.05, 4.69) is 45.6 Å². The van der Waals surface area contributed by atoms with Gasteiger partial charge in [-0.25, -0.2) is 9.97 Å². The summed E-state index contributed by atoms with van der Waals surface area (Å²) in [6, 6.07) is 22.1. The van der Waals surface area contributed by atoms with E-state index in [9.17, 15) is 4.79 Å². The highest BCUT2D eigenvalue weighted by molar-refractivity contribution is 5.92. The number of carbonyl (C=O) groups excluding carboxylic acids is 1. The summed E-state index contributed by atoms with van der Waals surface area (Å²) in [6.45, 7) is 3.45. The fourth-order valence-corrected chi connectivity index (χ4v) is 3.83. The van der Waals surface area contributed by atoms with Gasteiger partial charge < -0.3 is 10.2 Å². The molecule has 29 heavy (non-hydrogen) atoms. The third kappa shape index (κ3) is 4.99. The molecule has 2 heterocycles. The topological polar surface area (TPSA) is 58.1 Å². The summed E-state index contributed by atoms with van der Waals surface area (Å²) in [4.78, 5) is 23.9. The van der Waals surface area contributed by atoms with E-state index in [0.29, 0.717) is 17.6 Å². The Morgan fingerprint density at radius 1 is 1.00 bits per heavy atom. The highest BCUT2D eigenvalue weighted by atomic mass is 16.2. The van der Waals surface area contributed by atoms with E-state index >= 15 is 0 Å². The smallest absolute Gasteiger partial charge is 0.272 e. The van der Waals surface area contributed by atoms with Crippen LogP contribution in [0.5, 0.6) is 0 Å². The molecule has 0 atom stereocenters. The van der Waals surface area contributed by atoms with Gasteiger partial charge in [-0.3, -0.25) is 4.79 Å². The molecule has 5 heteroatoms. The number of rotatable bonds is 5. The predicted octanol–water partition coefficient (Wildman–Crippen LogP) is 4.62. The minimum atomic E-state index is -0.00947. The molecule has 3 aromatic rings. The van der Waals surface area contributed by atoms with Gasteiger partial charge in [0.25, 0.3) is 5.91 Å². The first-order chi connectivity index (χ1) is 14.2. The Bertz CT molecular complexity index is 951. The van der Waals surface area contributed by atoms with Gasteiger partial charge >= 0.3 is 0 Å². The molecule has 1 amide bonds. The van der Waals surface area contributed by atoms with Crippen LogP contribution in [0, 0.1) is 12.8 Å². The third-order valence-electron chi connectivity index (χ3n) is 5.37. The standard InChI is InChI=1S/C24H26N4O/c1-18-16-22(27-24(25-18)26-21-10-6-3-7-11-21)23(29)28-14-12-20(13-15-28)17-19-8-4-2-5-9-19/h2-11,16,20H,12-15,17H2,1H3,(H,25,26,27). The number of carbonyl (C=O) groups is 1. The largest absolute Gasteiger partial charge is 0.337 e. The molecular formula is C24H26N4O. The van der Waals surface area contributed by atoms with Crippen LogP contribution in [0.25, 0.3) is 0 Å². The second-order valence-electron chi connectivity index (χ2n) is 7.63. The van der Waals surface area contributed by atoms with Crippen LogP contribution in [-0.4, -0.2) is 33.9 Å². The normalized spacial score (nSPS) is 14.6. The second kappa shape index (κ2) is 8.86. The molecule has 0 aliphatic carbocycles. The zero-order valence-electron chi connectivity index (χ0n) is 16.7. The summed E-state index contributed by atoms with van der Waals surface area (Å²) < 4.78 is 0. The summed E-state index contributed by atoms with van der Waals surface area (Å²) in [5.74, 6) is 1.08. The number of aromatic nitrogens is 2. The van der Waals surface area contributed by atoms with Gasteiger partial charge in [0.1, 0.15) is 5.69 Å². The van der Waals surface area contributed by atoms with E-state index in [1.54, 1.807) is 6.07 Å². The minimum absolute atomic E-state index is 0.00947. The van der Waals surface area contributed by atoms with Crippen molar-refractivity contribution in [2.24, 2.45) is 5.92 Å². The number of piperidine rings is 1. The number of benzene rings is 2. The fourth-order valence-electron chi connectivity index (χ4n) is 3.83. The van der Waals surface area contributed by atoms with Crippen molar-refractivity contribution < 1.29 is 4.79 Å². The van der Waals surface area contributed by atoms with Crippen LogP contribution in [0.3, 0.4) is 0 Å².